The Kier molecular flexibility index (Phi) is 5.93. The Morgan fingerprint density at radius 2 is 1.79 bits per heavy atom. The number of hydrogen-bond acceptors (Lipinski definition) is 4. The zero-order chi connectivity index (χ0) is 20.6. The number of rotatable bonds is 5. The number of anilines is 1. The summed E-state index contributed by atoms with van der Waals surface area (Å²) in [5, 5.41) is 12.9. The Morgan fingerprint density at radius 3 is 2.36 bits per heavy atom. The zero-order valence-corrected chi connectivity index (χ0v) is 17.4. The van der Waals surface area contributed by atoms with Gasteiger partial charge in [0.1, 0.15) is 5.00 Å². The molecule has 28 heavy (non-hydrogen) atoms. The Morgan fingerprint density at radius 1 is 1.14 bits per heavy atom. The van der Waals surface area contributed by atoms with Crippen LogP contribution in [-0.2, 0) is 22.4 Å². The standard InChI is InChI=1S/C21H28N2O4S/c1-4-12-5-6-13-16(9-12)28-20(17(13)18(22)24)23-19(25)14-7-10(2)11(3)8-15(14)21(26)27/h12,14-15H,4-9H2,1-3H3,(H2,22,24)(H,23,25)(H,26,27)/t12-,14-,15-/m0/s1. The van der Waals surface area contributed by atoms with Crippen molar-refractivity contribution in [1.29, 1.82) is 0 Å². The van der Waals surface area contributed by atoms with E-state index < -0.39 is 23.7 Å². The lowest BCUT2D eigenvalue weighted by Gasteiger charge is -2.29. The molecule has 0 radical (unpaired) electrons. The summed E-state index contributed by atoms with van der Waals surface area (Å²) in [5.74, 6) is -2.65. The van der Waals surface area contributed by atoms with Crippen molar-refractivity contribution in [1.82, 2.24) is 0 Å². The van der Waals surface area contributed by atoms with Crippen molar-refractivity contribution >= 4 is 34.1 Å². The van der Waals surface area contributed by atoms with Crippen LogP contribution in [0.3, 0.4) is 0 Å². The third kappa shape index (κ3) is 3.85. The maximum Gasteiger partial charge on any atom is 0.307 e. The van der Waals surface area contributed by atoms with Gasteiger partial charge in [0.25, 0.3) is 5.91 Å². The van der Waals surface area contributed by atoms with Gasteiger partial charge < -0.3 is 16.2 Å². The second-order valence-corrected chi connectivity index (χ2v) is 9.20. The number of nitrogens with two attached hydrogens (primary N) is 1. The van der Waals surface area contributed by atoms with Gasteiger partial charge in [-0.3, -0.25) is 14.4 Å². The molecule has 3 atom stereocenters. The highest BCUT2D eigenvalue weighted by molar-refractivity contribution is 7.17. The molecule has 2 aliphatic rings. The minimum atomic E-state index is -0.960. The number of carboxylic acids is 1. The van der Waals surface area contributed by atoms with E-state index in [9.17, 15) is 19.5 Å². The number of thiophene rings is 1. The van der Waals surface area contributed by atoms with Crippen molar-refractivity contribution in [3.05, 3.63) is 27.2 Å². The first-order chi connectivity index (χ1) is 13.2. The number of hydrogen-bond donors (Lipinski definition) is 3. The molecule has 2 amide bonds. The van der Waals surface area contributed by atoms with Crippen molar-refractivity contribution in [3.8, 4) is 0 Å². The van der Waals surface area contributed by atoms with Gasteiger partial charge in [-0.2, -0.15) is 0 Å². The first-order valence-corrected chi connectivity index (χ1v) is 10.7. The highest BCUT2D eigenvalue weighted by Crippen LogP contribution is 2.41. The lowest BCUT2D eigenvalue weighted by Crippen LogP contribution is -2.36. The molecule has 152 valence electrons. The maximum atomic E-state index is 13.0. The molecule has 0 unspecified atom stereocenters. The number of fused-ring (bicyclic) bond motifs is 1. The minimum Gasteiger partial charge on any atom is -0.481 e. The van der Waals surface area contributed by atoms with Gasteiger partial charge in [-0.1, -0.05) is 24.5 Å². The van der Waals surface area contributed by atoms with Gasteiger partial charge in [0.05, 0.1) is 17.4 Å². The van der Waals surface area contributed by atoms with Gasteiger partial charge in [0, 0.05) is 4.88 Å². The number of carboxylic acid groups (broad SMARTS) is 1. The number of amides is 2. The van der Waals surface area contributed by atoms with Crippen molar-refractivity contribution in [2.24, 2.45) is 23.5 Å². The molecule has 1 heterocycles. The average Bonchev–Trinajstić information content (AvgIpc) is 3.00. The lowest BCUT2D eigenvalue weighted by atomic mass is 9.76. The van der Waals surface area contributed by atoms with Crippen molar-refractivity contribution in [3.63, 3.8) is 0 Å². The maximum absolute atomic E-state index is 13.0. The first kappa shape index (κ1) is 20.6. The van der Waals surface area contributed by atoms with E-state index in [0.29, 0.717) is 29.3 Å². The van der Waals surface area contributed by atoms with Crippen LogP contribution in [0.5, 0.6) is 0 Å². The van der Waals surface area contributed by atoms with Gasteiger partial charge in [-0.15, -0.1) is 11.3 Å². The Hall–Kier alpha value is -2.15. The molecule has 2 aliphatic carbocycles. The van der Waals surface area contributed by atoms with Crippen LogP contribution >= 0.6 is 11.3 Å². The fraction of sp³-hybridized carbons (Fsp3) is 0.571. The molecule has 0 saturated carbocycles. The van der Waals surface area contributed by atoms with Crippen LogP contribution < -0.4 is 11.1 Å². The summed E-state index contributed by atoms with van der Waals surface area (Å²) in [5.41, 5.74) is 9.10. The monoisotopic (exact) mass is 404 g/mol. The van der Waals surface area contributed by atoms with Crippen LogP contribution in [0.25, 0.3) is 0 Å². The highest BCUT2D eigenvalue weighted by Gasteiger charge is 2.38. The van der Waals surface area contributed by atoms with E-state index in [1.54, 1.807) is 0 Å². The molecule has 0 aliphatic heterocycles. The predicted octanol–water partition coefficient (Wildman–Crippen LogP) is 3.75. The summed E-state index contributed by atoms with van der Waals surface area (Å²) in [6, 6.07) is 0. The van der Waals surface area contributed by atoms with Gasteiger partial charge in [0.15, 0.2) is 0 Å². The van der Waals surface area contributed by atoms with E-state index in [1.807, 2.05) is 13.8 Å². The third-order valence-electron chi connectivity index (χ3n) is 6.35. The van der Waals surface area contributed by atoms with Crippen LogP contribution in [0, 0.1) is 17.8 Å². The fourth-order valence-corrected chi connectivity index (χ4v) is 5.75. The van der Waals surface area contributed by atoms with E-state index in [-0.39, 0.29) is 5.91 Å². The second-order valence-electron chi connectivity index (χ2n) is 8.10. The van der Waals surface area contributed by atoms with Gasteiger partial charge in [-0.05, 0) is 57.4 Å². The number of nitrogens with one attached hydrogen (secondary N) is 1. The number of aliphatic carboxylic acids is 1. The van der Waals surface area contributed by atoms with Gasteiger partial charge >= 0.3 is 5.97 Å². The lowest BCUT2D eigenvalue weighted by molar-refractivity contribution is -0.146. The molecular weight excluding hydrogens is 376 g/mol. The summed E-state index contributed by atoms with van der Waals surface area (Å²) in [6.45, 7) is 6.02. The fourth-order valence-electron chi connectivity index (χ4n) is 4.38. The molecule has 0 saturated heterocycles. The van der Waals surface area contributed by atoms with Crippen LogP contribution in [0.4, 0.5) is 5.00 Å². The van der Waals surface area contributed by atoms with Crippen LogP contribution in [0.15, 0.2) is 11.1 Å². The molecular formula is C21H28N2O4S. The zero-order valence-electron chi connectivity index (χ0n) is 16.6. The molecule has 0 spiro atoms. The van der Waals surface area contributed by atoms with Crippen LogP contribution in [0.2, 0.25) is 0 Å². The Labute approximate surface area is 169 Å². The summed E-state index contributed by atoms with van der Waals surface area (Å²) in [4.78, 5) is 37.9. The predicted molar refractivity (Wildman–Crippen MR) is 109 cm³/mol. The number of allylic oxidation sites excluding steroid dienone is 2. The normalized spacial score (nSPS) is 24.6. The molecule has 0 aromatic carbocycles. The molecule has 7 heteroatoms. The molecule has 0 bridgehead atoms. The molecule has 3 rings (SSSR count). The van der Waals surface area contributed by atoms with Crippen molar-refractivity contribution in [2.75, 3.05) is 5.32 Å². The molecule has 0 fully saturated rings. The van der Waals surface area contributed by atoms with Crippen LogP contribution in [-0.4, -0.2) is 22.9 Å². The highest BCUT2D eigenvalue weighted by atomic mass is 32.1. The molecule has 6 nitrogen and oxygen atoms in total. The minimum absolute atomic E-state index is 0.340. The topological polar surface area (TPSA) is 109 Å². The van der Waals surface area contributed by atoms with Crippen molar-refractivity contribution < 1.29 is 19.5 Å². The summed E-state index contributed by atoms with van der Waals surface area (Å²) < 4.78 is 0. The smallest absolute Gasteiger partial charge is 0.307 e. The van der Waals surface area contributed by atoms with Crippen LogP contribution in [0.1, 0.15) is 67.3 Å². The Bertz CT molecular complexity index is 855. The van der Waals surface area contributed by atoms with E-state index in [1.165, 1.54) is 11.3 Å². The van der Waals surface area contributed by atoms with E-state index in [2.05, 4.69) is 12.2 Å². The third-order valence-corrected chi connectivity index (χ3v) is 7.52. The molecule has 1 aromatic heterocycles. The van der Waals surface area contributed by atoms with E-state index in [4.69, 9.17) is 5.73 Å². The number of carbonyl (C=O) groups is 3. The van der Waals surface area contributed by atoms with Gasteiger partial charge in [-0.25, -0.2) is 0 Å². The van der Waals surface area contributed by atoms with E-state index in [0.717, 1.165) is 47.3 Å². The summed E-state index contributed by atoms with van der Waals surface area (Å²) >= 11 is 1.42. The average molecular weight is 405 g/mol. The second kappa shape index (κ2) is 8.07. The summed E-state index contributed by atoms with van der Waals surface area (Å²) in [7, 11) is 0. The largest absolute Gasteiger partial charge is 0.481 e. The van der Waals surface area contributed by atoms with E-state index >= 15 is 0 Å². The molecule has 1 aromatic rings. The first-order valence-electron chi connectivity index (χ1n) is 9.86. The molecule has 4 N–H and O–H groups in total. The summed E-state index contributed by atoms with van der Waals surface area (Å²) in [6.07, 6.45) is 4.58. The SMILES string of the molecule is CC[C@H]1CCc2c(sc(NC(=O)[C@H]3CC(C)=C(C)C[C@@H]3C(=O)O)c2C(N)=O)C1. The number of primary amides is 1. The van der Waals surface area contributed by atoms with Crippen molar-refractivity contribution in [2.45, 2.75) is 59.3 Å². The Balaban J connectivity index is 1.89. The quantitative estimate of drug-likeness (QED) is 0.649. The number of carbonyl (C=O) groups excluding carboxylic acids is 2. The van der Waals surface area contributed by atoms with Gasteiger partial charge in [0.2, 0.25) is 5.91 Å².